The Balaban J connectivity index is 2.75. The smallest absolute Gasteiger partial charge is 0.0873 e. The molecule has 6 heavy (non-hydrogen) atoms. The van der Waals surface area contributed by atoms with Gasteiger partial charge in [0.1, 0.15) is 0 Å². The lowest BCUT2D eigenvalue weighted by molar-refractivity contribution is 0.137. The fourth-order valence-corrected chi connectivity index (χ4v) is 0.354. The minimum Gasteiger partial charge on any atom is -0.378 e. The third-order valence-electron chi connectivity index (χ3n) is 0.809. The molecule has 2 unspecified atom stereocenters. The van der Waals surface area contributed by atoms with E-state index in [9.17, 15) is 0 Å². The van der Waals surface area contributed by atoms with Gasteiger partial charge in [-0.25, -0.2) is 0 Å². The van der Waals surface area contributed by atoms with Crippen molar-refractivity contribution in [1.82, 2.24) is 0 Å². The van der Waals surface area contributed by atoms with Crippen LogP contribution in [0.5, 0.6) is 0 Å². The van der Waals surface area contributed by atoms with Crippen LogP contribution in [0, 0.1) is 0 Å². The van der Waals surface area contributed by atoms with Gasteiger partial charge in [0, 0.05) is 7.11 Å². The molecule has 38 valence electrons. The molecule has 0 radical (unpaired) electrons. The molecule has 0 aromatic carbocycles. The first-order valence-electron chi connectivity index (χ1n) is 2.13. The standard InChI is InChI=1S/C4H11OP/c1-4(3-6)5-2/h4H,3,6H2,1-2H3/p+1. The van der Waals surface area contributed by atoms with Crippen molar-refractivity contribution in [2.24, 2.45) is 0 Å². The van der Waals surface area contributed by atoms with Gasteiger partial charge in [0.05, 0.1) is 12.3 Å². The lowest BCUT2D eigenvalue weighted by Gasteiger charge is -1.98. The maximum atomic E-state index is 4.91. The van der Waals surface area contributed by atoms with Gasteiger partial charge in [-0.15, -0.1) is 0 Å². The van der Waals surface area contributed by atoms with Crippen molar-refractivity contribution in [3.05, 3.63) is 0 Å². The molecular weight excluding hydrogens is 95.0 g/mol. The van der Waals surface area contributed by atoms with Gasteiger partial charge in [-0.2, -0.15) is 0 Å². The fourth-order valence-electron chi connectivity index (χ4n) is 0.118. The Morgan fingerprint density at radius 2 is 2.33 bits per heavy atom. The molecule has 0 heterocycles. The normalized spacial score (nSPS) is 15.0. The number of methoxy groups -OCH3 is 1. The summed E-state index contributed by atoms with van der Waals surface area (Å²) in [6, 6.07) is 0. The molecule has 2 heteroatoms. The van der Waals surface area contributed by atoms with E-state index >= 15 is 0 Å². The van der Waals surface area contributed by atoms with Gasteiger partial charge in [0.15, 0.2) is 0 Å². The number of ether oxygens (including phenoxy) is 1. The van der Waals surface area contributed by atoms with Crippen LogP contribution in [0.4, 0.5) is 0 Å². The molecule has 0 N–H and O–H groups in total. The molecule has 0 aliphatic carbocycles. The zero-order valence-electron chi connectivity index (χ0n) is 4.40. The zero-order chi connectivity index (χ0) is 4.99. The largest absolute Gasteiger partial charge is 0.378 e. The maximum Gasteiger partial charge on any atom is 0.0873 e. The Kier molecular flexibility index (Phi) is 3.81. The van der Waals surface area contributed by atoms with Crippen LogP contribution < -0.4 is 0 Å². The van der Waals surface area contributed by atoms with E-state index in [2.05, 4.69) is 6.92 Å². The van der Waals surface area contributed by atoms with Gasteiger partial charge in [0.2, 0.25) is 0 Å². The van der Waals surface area contributed by atoms with Crippen LogP contribution in [0.25, 0.3) is 0 Å². The highest BCUT2D eigenvalue weighted by molar-refractivity contribution is 7.16. The van der Waals surface area contributed by atoms with Crippen molar-refractivity contribution < 1.29 is 4.74 Å². The second kappa shape index (κ2) is 3.58. The second-order valence-corrected chi connectivity index (χ2v) is 1.91. The highest BCUT2D eigenvalue weighted by atomic mass is 31.0. The molecule has 0 aliphatic rings. The quantitative estimate of drug-likeness (QED) is 0.470. The van der Waals surface area contributed by atoms with Crippen LogP contribution in [-0.4, -0.2) is 19.4 Å². The van der Waals surface area contributed by atoms with Gasteiger partial charge < -0.3 is 4.74 Å². The summed E-state index contributed by atoms with van der Waals surface area (Å²) in [6.45, 7) is 2.06. The predicted octanol–water partition coefficient (Wildman–Crippen LogP) is 0.629. The van der Waals surface area contributed by atoms with E-state index in [0.717, 1.165) is 6.16 Å². The molecular formula is C4H12OP+. The van der Waals surface area contributed by atoms with Crippen molar-refractivity contribution in [1.29, 1.82) is 0 Å². The lowest BCUT2D eigenvalue weighted by Crippen LogP contribution is -2.04. The predicted molar refractivity (Wildman–Crippen MR) is 32.4 cm³/mol. The van der Waals surface area contributed by atoms with Gasteiger partial charge >= 0.3 is 0 Å². The maximum absolute atomic E-state index is 4.91. The second-order valence-electron chi connectivity index (χ2n) is 1.33. The summed E-state index contributed by atoms with van der Waals surface area (Å²) < 4.78 is 4.91. The summed E-state index contributed by atoms with van der Waals surface area (Å²) in [5.41, 5.74) is 0. The van der Waals surface area contributed by atoms with Crippen LogP contribution in [0.2, 0.25) is 0 Å². The molecule has 0 spiro atoms. The van der Waals surface area contributed by atoms with Crippen LogP contribution in [0.3, 0.4) is 0 Å². The summed E-state index contributed by atoms with van der Waals surface area (Å²) in [5.74, 6) is 0. The van der Waals surface area contributed by atoms with Crippen molar-refractivity contribution >= 4 is 9.24 Å². The first-order valence-corrected chi connectivity index (χ1v) is 3.13. The van der Waals surface area contributed by atoms with E-state index in [0.29, 0.717) is 6.10 Å². The molecule has 0 aliphatic heterocycles. The van der Waals surface area contributed by atoms with Crippen LogP contribution in [0.1, 0.15) is 6.92 Å². The van der Waals surface area contributed by atoms with E-state index in [1.807, 2.05) is 9.24 Å². The molecule has 0 saturated heterocycles. The van der Waals surface area contributed by atoms with E-state index in [1.165, 1.54) is 0 Å². The van der Waals surface area contributed by atoms with Gasteiger partial charge in [0.25, 0.3) is 0 Å². The topological polar surface area (TPSA) is 9.23 Å². The molecule has 0 rings (SSSR count). The van der Waals surface area contributed by atoms with E-state index < -0.39 is 0 Å². The Morgan fingerprint density at radius 1 is 1.83 bits per heavy atom. The van der Waals surface area contributed by atoms with Crippen molar-refractivity contribution in [2.45, 2.75) is 13.0 Å². The summed E-state index contributed by atoms with van der Waals surface area (Å²) in [5, 5.41) is 0. The van der Waals surface area contributed by atoms with Crippen LogP contribution in [-0.2, 0) is 4.74 Å². The lowest BCUT2D eigenvalue weighted by atomic mass is 10.5. The molecule has 0 saturated carbocycles. The monoisotopic (exact) mass is 107 g/mol. The number of rotatable bonds is 2. The van der Waals surface area contributed by atoms with E-state index in [-0.39, 0.29) is 0 Å². The molecule has 0 aromatic heterocycles. The van der Waals surface area contributed by atoms with Crippen LogP contribution in [0.15, 0.2) is 0 Å². The average molecular weight is 107 g/mol. The highest BCUT2D eigenvalue weighted by Gasteiger charge is 1.92. The molecule has 0 bridgehead atoms. The van der Waals surface area contributed by atoms with Gasteiger partial charge in [-0.3, -0.25) is 0 Å². The Morgan fingerprint density at radius 3 is 2.33 bits per heavy atom. The zero-order valence-corrected chi connectivity index (χ0v) is 5.81. The van der Waals surface area contributed by atoms with Gasteiger partial charge in [-0.1, -0.05) is 0 Å². The SMILES string of the molecule is COC(C)C[PH3+]. The average Bonchev–Trinajstić information content (AvgIpc) is 1.65. The van der Waals surface area contributed by atoms with Crippen molar-refractivity contribution in [3.8, 4) is 0 Å². The van der Waals surface area contributed by atoms with E-state index in [4.69, 9.17) is 4.74 Å². The summed E-state index contributed by atoms with van der Waals surface area (Å²) in [6.07, 6.45) is 1.58. The van der Waals surface area contributed by atoms with Gasteiger partial charge in [-0.05, 0) is 16.2 Å². The minimum atomic E-state index is 0.448. The third-order valence-corrected chi connectivity index (χ3v) is 1.62. The number of hydrogen-bond acceptors (Lipinski definition) is 1. The highest BCUT2D eigenvalue weighted by Crippen LogP contribution is 1.91. The molecule has 0 amide bonds. The fraction of sp³-hybridized carbons (Fsp3) is 1.00. The summed E-state index contributed by atoms with van der Waals surface area (Å²) in [4.78, 5) is 0. The first kappa shape index (κ1) is 6.39. The summed E-state index contributed by atoms with van der Waals surface area (Å²) in [7, 11) is 3.67. The number of hydrogen-bond donors (Lipinski definition) is 0. The minimum absolute atomic E-state index is 0.448. The third kappa shape index (κ3) is 2.62. The first-order chi connectivity index (χ1) is 2.81. The molecule has 1 nitrogen and oxygen atoms in total. The van der Waals surface area contributed by atoms with Crippen LogP contribution >= 0.6 is 9.24 Å². The van der Waals surface area contributed by atoms with E-state index in [1.54, 1.807) is 7.11 Å². The molecule has 0 fully saturated rings. The Labute approximate surface area is 41.3 Å². The van der Waals surface area contributed by atoms with Crippen molar-refractivity contribution in [3.63, 3.8) is 0 Å². The molecule has 2 atom stereocenters. The molecule has 0 aromatic rings. The Hall–Kier alpha value is 0.390. The Bertz CT molecular complexity index is 26.7. The van der Waals surface area contributed by atoms with Crippen molar-refractivity contribution in [2.75, 3.05) is 13.3 Å². The summed E-state index contributed by atoms with van der Waals surface area (Å²) >= 11 is 0.